The van der Waals surface area contributed by atoms with Crippen molar-refractivity contribution in [2.75, 3.05) is 12.4 Å². The number of halogens is 1. The normalized spacial score (nSPS) is 13.1. The van der Waals surface area contributed by atoms with E-state index < -0.39 is 5.97 Å². The van der Waals surface area contributed by atoms with Gasteiger partial charge in [0.1, 0.15) is 0 Å². The topological polar surface area (TPSA) is 55.4 Å². The number of benzene rings is 2. The molecule has 0 spiro atoms. The van der Waals surface area contributed by atoms with Crippen molar-refractivity contribution in [3.8, 4) is 0 Å². The van der Waals surface area contributed by atoms with Crippen LogP contribution in [-0.4, -0.2) is 19.0 Å². The van der Waals surface area contributed by atoms with Gasteiger partial charge in [-0.3, -0.25) is 4.79 Å². The first kappa shape index (κ1) is 16.5. The van der Waals surface area contributed by atoms with Crippen molar-refractivity contribution < 1.29 is 14.3 Å². The van der Waals surface area contributed by atoms with Crippen LogP contribution in [0.3, 0.4) is 0 Å². The van der Waals surface area contributed by atoms with Gasteiger partial charge >= 0.3 is 5.97 Å². The number of aryl methyl sites for hydroxylation is 2. The Morgan fingerprint density at radius 3 is 2.46 bits per heavy atom. The predicted molar refractivity (Wildman–Crippen MR) is 93.8 cm³/mol. The summed E-state index contributed by atoms with van der Waals surface area (Å²) in [5, 5.41) is 3.14. The molecule has 0 unspecified atom stereocenters. The number of rotatable bonds is 3. The fourth-order valence-electron chi connectivity index (χ4n) is 2.94. The van der Waals surface area contributed by atoms with E-state index in [2.05, 4.69) is 10.1 Å². The van der Waals surface area contributed by atoms with Gasteiger partial charge in [-0.1, -0.05) is 17.7 Å². The molecule has 0 aromatic heterocycles. The highest BCUT2D eigenvalue weighted by Gasteiger charge is 2.15. The summed E-state index contributed by atoms with van der Waals surface area (Å²) in [4.78, 5) is 24.1. The van der Waals surface area contributed by atoms with Crippen LogP contribution in [0.2, 0.25) is 5.02 Å². The minimum atomic E-state index is -0.476. The first-order valence-electron chi connectivity index (χ1n) is 7.89. The average Bonchev–Trinajstić information content (AvgIpc) is 2.62. The van der Waals surface area contributed by atoms with Crippen LogP contribution in [0.25, 0.3) is 0 Å². The molecule has 0 atom stereocenters. The molecule has 1 N–H and O–H groups in total. The van der Waals surface area contributed by atoms with Gasteiger partial charge in [-0.25, -0.2) is 4.79 Å². The highest BCUT2D eigenvalue weighted by atomic mass is 35.5. The number of hydrogen-bond acceptors (Lipinski definition) is 3. The number of carbonyl (C=O) groups excluding carboxylic acids is 2. The molecule has 24 heavy (non-hydrogen) atoms. The fraction of sp³-hybridized carbons (Fsp3) is 0.263. The molecule has 2 aromatic rings. The molecule has 1 aliphatic rings. The number of fused-ring (bicyclic) bond motifs is 1. The summed E-state index contributed by atoms with van der Waals surface area (Å²) in [6.45, 7) is 0. The van der Waals surface area contributed by atoms with E-state index in [4.69, 9.17) is 11.6 Å². The maximum Gasteiger partial charge on any atom is 0.337 e. The summed E-state index contributed by atoms with van der Waals surface area (Å²) in [6, 6.07) is 10.4. The SMILES string of the molecule is COC(=O)c1ccc(Cl)c(NC(=O)c2ccc3c(c2)CCCC3)c1. The summed E-state index contributed by atoms with van der Waals surface area (Å²) >= 11 is 6.12. The lowest BCUT2D eigenvalue weighted by Gasteiger charge is -2.16. The summed E-state index contributed by atoms with van der Waals surface area (Å²) in [6.07, 6.45) is 4.44. The molecule has 0 aliphatic heterocycles. The Morgan fingerprint density at radius 2 is 1.71 bits per heavy atom. The molecule has 0 radical (unpaired) electrons. The highest BCUT2D eigenvalue weighted by Crippen LogP contribution is 2.26. The van der Waals surface area contributed by atoms with Crippen molar-refractivity contribution in [1.82, 2.24) is 0 Å². The van der Waals surface area contributed by atoms with E-state index in [1.807, 2.05) is 18.2 Å². The van der Waals surface area contributed by atoms with Crippen molar-refractivity contribution in [2.45, 2.75) is 25.7 Å². The van der Waals surface area contributed by atoms with Crippen LogP contribution in [0.5, 0.6) is 0 Å². The van der Waals surface area contributed by atoms with Crippen LogP contribution >= 0.6 is 11.6 Å². The van der Waals surface area contributed by atoms with Gasteiger partial charge in [0.2, 0.25) is 0 Å². The monoisotopic (exact) mass is 343 g/mol. The van der Waals surface area contributed by atoms with Gasteiger partial charge in [0.05, 0.1) is 23.4 Å². The van der Waals surface area contributed by atoms with Gasteiger partial charge in [0.15, 0.2) is 0 Å². The van der Waals surface area contributed by atoms with Crippen molar-refractivity contribution in [3.63, 3.8) is 0 Å². The molecule has 0 saturated carbocycles. The standard InChI is InChI=1S/C19H18ClNO3/c1-24-19(23)15-8-9-16(20)17(11-15)21-18(22)14-7-6-12-4-2-3-5-13(12)10-14/h6-11H,2-5H2,1H3,(H,21,22). The zero-order valence-electron chi connectivity index (χ0n) is 13.4. The average molecular weight is 344 g/mol. The number of ether oxygens (including phenoxy) is 1. The lowest BCUT2D eigenvalue weighted by Crippen LogP contribution is -2.14. The van der Waals surface area contributed by atoms with Crippen LogP contribution in [0, 0.1) is 0 Å². The zero-order chi connectivity index (χ0) is 17.1. The number of carbonyl (C=O) groups is 2. The van der Waals surface area contributed by atoms with E-state index in [1.54, 1.807) is 12.1 Å². The van der Waals surface area contributed by atoms with E-state index in [1.165, 1.54) is 30.7 Å². The van der Waals surface area contributed by atoms with Gasteiger partial charge in [-0.15, -0.1) is 0 Å². The lowest BCUT2D eigenvalue weighted by molar-refractivity contribution is 0.0600. The molecule has 0 fully saturated rings. The molecule has 1 aliphatic carbocycles. The minimum Gasteiger partial charge on any atom is -0.465 e. The van der Waals surface area contributed by atoms with E-state index in [0.29, 0.717) is 21.8 Å². The molecule has 0 heterocycles. The maximum atomic E-state index is 12.5. The van der Waals surface area contributed by atoms with Crippen molar-refractivity contribution in [2.24, 2.45) is 0 Å². The molecule has 4 nitrogen and oxygen atoms in total. The summed E-state index contributed by atoms with van der Waals surface area (Å²) in [5.74, 6) is -0.719. The molecule has 0 saturated heterocycles. The number of esters is 1. The summed E-state index contributed by atoms with van der Waals surface area (Å²) in [5.41, 5.74) is 3.88. The quantitative estimate of drug-likeness (QED) is 0.847. The second-order valence-electron chi connectivity index (χ2n) is 5.83. The molecular formula is C19H18ClNO3. The van der Waals surface area contributed by atoms with Gasteiger partial charge < -0.3 is 10.1 Å². The molecule has 0 bridgehead atoms. The van der Waals surface area contributed by atoms with Crippen molar-refractivity contribution in [3.05, 3.63) is 63.7 Å². The van der Waals surface area contributed by atoms with Crippen LogP contribution < -0.4 is 5.32 Å². The first-order valence-corrected chi connectivity index (χ1v) is 8.27. The van der Waals surface area contributed by atoms with E-state index in [0.717, 1.165) is 19.3 Å². The summed E-state index contributed by atoms with van der Waals surface area (Å²) < 4.78 is 4.69. The zero-order valence-corrected chi connectivity index (χ0v) is 14.2. The third-order valence-corrected chi connectivity index (χ3v) is 4.58. The lowest BCUT2D eigenvalue weighted by atomic mass is 9.90. The smallest absolute Gasteiger partial charge is 0.337 e. The van der Waals surface area contributed by atoms with Crippen LogP contribution in [0.1, 0.15) is 44.7 Å². The summed E-state index contributed by atoms with van der Waals surface area (Å²) in [7, 11) is 1.31. The second-order valence-corrected chi connectivity index (χ2v) is 6.24. The van der Waals surface area contributed by atoms with Crippen LogP contribution in [0.15, 0.2) is 36.4 Å². The molecule has 2 aromatic carbocycles. The molecule has 1 amide bonds. The van der Waals surface area contributed by atoms with Gasteiger partial charge in [0.25, 0.3) is 5.91 Å². The predicted octanol–water partition coefficient (Wildman–Crippen LogP) is 4.26. The molecule has 124 valence electrons. The number of methoxy groups -OCH3 is 1. The third kappa shape index (κ3) is 3.44. The number of amides is 1. The van der Waals surface area contributed by atoms with Gasteiger partial charge in [-0.2, -0.15) is 0 Å². The first-order chi connectivity index (χ1) is 11.6. The van der Waals surface area contributed by atoms with Crippen LogP contribution in [0.4, 0.5) is 5.69 Å². The van der Waals surface area contributed by atoms with E-state index >= 15 is 0 Å². The Labute approximate surface area is 145 Å². The Balaban J connectivity index is 1.83. The third-order valence-electron chi connectivity index (χ3n) is 4.25. The maximum absolute atomic E-state index is 12.5. The van der Waals surface area contributed by atoms with E-state index in [-0.39, 0.29) is 5.91 Å². The molecular weight excluding hydrogens is 326 g/mol. The molecule has 5 heteroatoms. The van der Waals surface area contributed by atoms with Crippen molar-refractivity contribution >= 4 is 29.2 Å². The van der Waals surface area contributed by atoms with Gasteiger partial charge in [-0.05, 0) is 67.1 Å². The molecule has 3 rings (SSSR count). The second kappa shape index (κ2) is 7.05. The number of anilines is 1. The Morgan fingerprint density at radius 1 is 1.00 bits per heavy atom. The highest BCUT2D eigenvalue weighted by molar-refractivity contribution is 6.34. The largest absolute Gasteiger partial charge is 0.465 e. The van der Waals surface area contributed by atoms with E-state index in [9.17, 15) is 9.59 Å². The van der Waals surface area contributed by atoms with Gasteiger partial charge in [0, 0.05) is 5.56 Å². The minimum absolute atomic E-state index is 0.243. The Hall–Kier alpha value is -2.33. The Bertz CT molecular complexity index is 801. The van der Waals surface area contributed by atoms with Crippen LogP contribution in [-0.2, 0) is 17.6 Å². The Kier molecular flexibility index (Phi) is 4.86. The fourth-order valence-corrected chi connectivity index (χ4v) is 3.10. The number of nitrogens with one attached hydrogen (secondary N) is 1. The number of hydrogen-bond donors (Lipinski definition) is 1. The van der Waals surface area contributed by atoms with Crippen molar-refractivity contribution in [1.29, 1.82) is 0 Å².